The second-order valence-corrected chi connectivity index (χ2v) is 7.85. The van der Waals surface area contributed by atoms with Gasteiger partial charge in [-0.1, -0.05) is 35.3 Å². The van der Waals surface area contributed by atoms with Crippen LogP contribution in [-0.2, 0) is 11.4 Å². The summed E-state index contributed by atoms with van der Waals surface area (Å²) in [6.07, 6.45) is 1.69. The number of nitrogens with zero attached hydrogens (tertiary/aromatic N) is 1. The molecule has 2 aromatic rings. The Labute approximate surface area is 167 Å². The van der Waals surface area contributed by atoms with Crippen LogP contribution < -0.4 is 10.5 Å². The van der Waals surface area contributed by atoms with Gasteiger partial charge in [0, 0.05) is 5.02 Å². The zero-order valence-electron chi connectivity index (χ0n) is 12.6. The highest BCUT2D eigenvalue weighted by Crippen LogP contribution is 2.36. The van der Waals surface area contributed by atoms with E-state index in [1.54, 1.807) is 24.3 Å². The number of hydrogen-bond donors (Lipinski definition) is 1. The fourth-order valence-corrected chi connectivity index (χ4v) is 3.91. The highest BCUT2D eigenvalue weighted by Gasteiger charge is 2.20. The van der Waals surface area contributed by atoms with Crippen LogP contribution in [0.4, 0.5) is 0 Å². The molecule has 1 heterocycles. The molecule has 2 aromatic carbocycles. The molecular weight excluding hydrogens is 447 g/mol. The first-order valence-corrected chi connectivity index (χ1v) is 9.43. The fraction of sp³-hybridized carbons (Fsp3) is 0.0588. The summed E-state index contributed by atoms with van der Waals surface area (Å²) in [5, 5.41) is 1.34. The first kappa shape index (κ1) is 18.3. The zero-order valence-corrected chi connectivity index (χ0v) is 16.5. The summed E-state index contributed by atoms with van der Waals surface area (Å²) in [6.45, 7) is 0.356. The molecule has 1 aliphatic rings. The molecule has 8 heteroatoms. The van der Waals surface area contributed by atoms with Crippen molar-refractivity contribution >= 4 is 68.0 Å². The van der Waals surface area contributed by atoms with E-state index in [9.17, 15) is 4.79 Å². The lowest BCUT2D eigenvalue weighted by molar-refractivity contribution is -0.113. The van der Waals surface area contributed by atoms with Gasteiger partial charge in [-0.2, -0.15) is 4.99 Å². The Morgan fingerprint density at radius 3 is 2.56 bits per heavy atom. The molecule has 0 saturated carbocycles. The summed E-state index contributed by atoms with van der Waals surface area (Å²) < 4.78 is 6.48. The molecule has 0 radical (unpaired) electrons. The number of rotatable bonds is 4. The van der Waals surface area contributed by atoms with Crippen LogP contribution in [0, 0.1) is 0 Å². The van der Waals surface area contributed by atoms with Gasteiger partial charge in [-0.05, 0) is 69.2 Å². The third kappa shape index (κ3) is 4.58. The molecule has 25 heavy (non-hydrogen) atoms. The molecule has 0 fully saturated rings. The van der Waals surface area contributed by atoms with Gasteiger partial charge in [-0.15, -0.1) is 0 Å². The number of amides is 1. The lowest BCUT2D eigenvalue weighted by Crippen LogP contribution is -2.01. The van der Waals surface area contributed by atoms with E-state index in [1.165, 1.54) is 0 Å². The number of thioether (sulfide) groups is 1. The molecule has 0 unspecified atom stereocenters. The normalized spacial score (nSPS) is 15.6. The minimum atomic E-state index is -0.349. The van der Waals surface area contributed by atoms with Crippen LogP contribution in [0.15, 0.2) is 50.8 Å². The van der Waals surface area contributed by atoms with E-state index in [0.29, 0.717) is 31.8 Å². The smallest absolute Gasteiger partial charge is 0.286 e. The van der Waals surface area contributed by atoms with Crippen LogP contribution in [0.1, 0.15) is 11.1 Å². The largest absolute Gasteiger partial charge is 0.486 e. The third-order valence-electron chi connectivity index (χ3n) is 3.25. The standard InChI is InChI=1S/C17H11BrCl2N2O2S/c18-12-5-10(7-14-16(23)22-17(21)25-14)6-13(20)15(12)24-8-9-1-3-11(19)4-2-9/h1-7H,8H2,(H2,21,22,23). The summed E-state index contributed by atoms with van der Waals surface area (Å²) in [5.41, 5.74) is 7.26. The van der Waals surface area contributed by atoms with Crippen molar-refractivity contribution in [3.05, 3.63) is 66.9 Å². The molecule has 0 bridgehead atoms. The molecule has 3 rings (SSSR count). The summed E-state index contributed by atoms with van der Waals surface area (Å²) in [4.78, 5) is 15.8. The second kappa shape index (κ2) is 7.83. The van der Waals surface area contributed by atoms with E-state index < -0.39 is 0 Å². The van der Waals surface area contributed by atoms with Gasteiger partial charge in [0.1, 0.15) is 6.61 Å². The predicted molar refractivity (Wildman–Crippen MR) is 107 cm³/mol. The van der Waals surface area contributed by atoms with E-state index in [4.69, 9.17) is 33.7 Å². The SMILES string of the molecule is NC1=NC(=O)C(=Cc2cc(Cl)c(OCc3ccc(Cl)cc3)c(Br)c2)S1. The number of carbonyl (C=O) groups is 1. The number of ether oxygens (including phenoxy) is 1. The Bertz CT molecular complexity index is 875. The van der Waals surface area contributed by atoms with Gasteiger partial charge >= 0.3 is 0 Å². The Morgan fingerprint density at radius 2 is 1.96 bits per heavy atom. The first-order valence-electron chi connectivity index (χ1n) is 7.06. The molecular formula is C17H11BrCl2N2O2S. The van der Waals surface area contributed by atoms with Crippen molar-refractivity contribution in [2.75, 3.05) is 0 Å². The van der Waals surface area contributed by atoms with Gasteiger partial charge in [-0.25, -0.2) is 0 Å². The Balaban J connectivity index is 1.77. The summed E-state index contributed by atoms with van der Waals surface area (Å²) in [5.74, 6) is 0.178. The Morgan fingerprint density at radius 1 is 1.24 bits per heavy atom. The average Bonchev–Trinajstić information content (AvgIpc) is 2.86. The van der Waals surface area contributed by atoms with Crippen molar-refractivity contribution in [2.24, 2.45) is 10.7 Å². The predicted octanol–water partition coefficient (Wildman–Crippen LogP) is 5.26. The van der Waals surface area contributed by atoms with E-state index in [2.05, 4.69) is 20.9 Å². The highest BCUT2D eigenvalue weighted by molar-refractivity contribution is 9.10. The van der Waals surface area contributed by atoms with E-state index in [-0.39, 0.29) is 11.1 Å². The van der Waals surface area contributed by atoms with Crippen LogP contribution in [-0.4, -0.2) is 11.1 Å². The minimum Gasteiger partial charge on any atom is -0.486 e. The van der Waals surface area contributed by atoms with Crippen molar-refractivity contribution in [1.82, 2.24) is 0 Å². The summed E-state index contributed by atoms with van der Waals surface area (Å²) in [6, 6.07) is 10.9. The molecule has 0 aromatic heterocycles. The number of aliphatic imine (C=N–C) groups is 1. The maximum atomic E-state index is 11.7. The topological polar surface area (TPSA) is 64.7 Å². The van der Waals surface area contributed by atoms with Gasteiger partial charge in [-0.3, -0.25) is 4.79 Å². The van der Waals surface area contributed by atoms with Crippen molar-refractivity contribution in [3.63, 3.8) is 0 Å². The minimum absolute atomic E-state index is 0.240. The maximum absolute atomic E-state index is 11.7. The van der Waals surface area contributed by atoms with Crippen LogP contribution in [0.2, 0.25) is 10.0 Å². The van der Waals surface area contributed by atoms with Crippen LogP contribution >= 0.6 is 50.9 Å². The van der Waals surface area contributed by atoms with Gasteiger partial charge in [0.05, 0.1) is 14.4 Å². The lowest BCUT2D eigenvalue weighted by Gasteiger charge is -2.11. The molecule has 0 atom stereocenters. The lowest BCUT2D eigenvalue weighted by atomic mass is 10.2. The summed E-state index contributed by atoms with van der Waals surface area (Å²) >= 11 is 16.8. The van der Waals surface area contributed by atoms with Crippen molar-refractivity contribution in [2.45, 2.75) is 6.61 Å². The summed E-state index contributed by atoms with van der Waals surface area (Å²) in [7, 11) is 0. The number of benzene rings is 2. The van der Waals surface area contributed by atoms with E-state index >= 15 is 0 Å². The Kier molecular flexibility index (Phi) is 5.74. The molecule has 1 amide bonds. The van der Waals surface area contributed by atoms with Crippen LogP contribution in [0.3, 0.4) is 0 Å². The monoisotopic (exact) mass is 456 g/mol. The highest BCUT2D eigenvalue weighted by atomic mass is 79.9. The zero-order chi connectivity index (χ0) is 18.0. The maximum Gasteiger partial charge on any atom is 0.286 e. The van der Waals surface area contributed by atoms with Gasteiger partial charge < -0.3 is 10.5 Å². The molecule has 128 valence electrons. The van der Waals surface area contributed by atoms with Crippen LogP contribution in [0.5, 0.6) is 5.75 Å². The average molecular weight is 458 g/mol. The van der Waals surface area contributed by atoms with Crippen molar-refractivity contribution in [3.8, 4) is 5.75 Å². The molecule has 2 N–H and O–H groups in total. The Hall–Kier alpha value is -1.47. The molecule has 0 saturated heterocycles. The van der Waals surface area contributed by atoms with Crippen molar-refractivity contribution in [1.29, 1.82) is 0 Å². The van der Waals surface area contributed by atoms with Gasteiger partial charge in [0.15, 0.2) is 10.9 Å². The molecule has 1 aliphatic heterocycles. The number of amidine groups is 1. The number of hydrogen-bond acceptors (Lipinski definition) is 4. The third-order valence-corrected chi connectivity index (χ3v) is 5.19. The first-order chi connectivity index (χ1) is 11.9. The number of carbonyl (C=O) groups excluding carboxylic acids is 1. The fourth-order valence-electron chi connectivity index (χ4n) is 2.11. The van der Waals surface area contributed by atoms with Gasteiger partial charge in [0.2, 0.25) is 0 Å². The van der Waals surface area contributed by atoms with E-state index in [1.807, 2.05) is 18.2 Å². The van der Waals surface area contributed by atoms with E-state index in [0.717, 1.165) is 22.9 Å². The van der Waals surface area contributed by atoms with Crippen molar-refractivity contribution < 1.29 is 9.53 Å². The molecule has 0 aliphatic carbocycles. The number of nitrogens with two attached hydrogens (primary N) is 1. The second-order valence-electron chi connectivity index (χ2n) is 5.09. The number of halogens is 3. The quantitative estimate of drug-likeness (QED) is 0.635. The molecule has 4 nitrogen and oxygen atoms in total. The van der Waals surface area contributed by atoms with Gasteiger partial charge in [0.25, 0.3) is 5.91 Å². The van der Waals surface area contributed by atoms with Crippen LogP contribution in [0.25, 0.3) is 6.08 Å². The molecule has 0 spiro atoms.